The van der Waals surface area contributed by atoms with Gasteiger partial charge in [0.15, 0.2) is 0 Å². The molecule has 2 aromatic heterocycles. The summed E-state index contributed by atoms with van der Waals surface area (Å²) in [4.78, 5) is 27.2. The number of thiazole rings is 1. The van der Waals surface area contributed by atoms with Gasteiger partial charge in [-0.2, -0.15) is 4.98 Å². The van der Waals surface area contributed by atoms with Gasteiger partial charge in [0.05, 0.1) is 5.69 Å². The van der Waals surface area contributed by atoms with Crippen LogP contribution in [-0.4, -0.2) is 20.9 Å². The maximum absolute atomic E-state index is 12.9. The van der Waals surface area contributed by atoms with Gasteiger partial charge in [0, 0.05) is 34.4 Å². The molecule has 0 saturated carbocycles. The quantitative estimate of drug-likeness (QED) is 0.215. The zero-order valence-electron chi connectivity index (χ0n) is 20.7. The van der Waals surface area contributed by atoms with Gasteiger partial charge in [0.2, 0.25) is 5.95 Å². The van der Waals surface area contributed by atoms with E-state index >= 15 is 0 Å². The number of anilines is 5. The van der Waals surface area contributed by atoms with E-state index < -0.39 is 0 Å². The second kappa shape index (κ2) is 10.6. The van der Waals surface area contributed by atoms with Crippen molar-refractivity contribution in [1.82, 2.24) is 15.0 Å². The van der Waals surface area contributed by atoms with Crippen LogP contribution in [0.1, 0.15) is 26.6 Å². The molecule has 0 aliphatic carbocycles. The Kier molecular flexibility index (Phi) is 6.91. The molecule has 1 amide bonds. The Bertz CT molecular complexity index is 1530. The molecule has 3 N–H and O–H groups in total. The topological polar surface area (TPSA) is 91.8 Å². The standard InChI is InChI=1S/C29H26N6OS/c1-18-9-11-22(12-10-18)32-25-17-19(2)30-29(35-25)34-24-15-13-23(14-16-24)33-27(36)26-20(3)31-28(37-26)21-7-5-4-6-8-21/h4-17H,1-3H3,(H,33,36)(H2,30,32,34,35). The molecule has 7 nitrogen and oxygen atoms in total. The number of carbonyl (C=O) groups excluding carboxylic acids is 1. The molecule has 37 heavy (non-hydrogen) atoms. The van der Waals surface area contributed by atoms with E-state index in [-0.39, 0.29) is 5.91 Å². The van der Waals surface area contributed by atoms with Gasteiger partial charge < -0.3 is 16.0 Å². The van der Waals surface area contributed by atoms with E-state index in [9.17, 15) is 4.79 Å². The van der Waals surface area contributed by atoms with Crippen molar-refractivity contribution in [2.24, 2.45) is 0 Å². The van der Waals surface area contributed by atoms with Gasteiger partial charge in [-0.15, -0.1) is 11.3 Å². The Morgan fingerprint density at radius 1 is 0.730 bits per heavy atom. The van der Waals surface area contributed by atoms with Crippen molar-refractivity contribution in [3.63, 3.8) is 0 Å². The molecule has 2 heterocycles. The second-order valence-corrected chi connectivity index (χ2v) is 9.66. The van der Waals surface area contributed by atoms with E-state index in [1.165, 1.54) is 16.9 Å². The zero-order valence-corrected chi connectivity index (χ0v) is 21.6. The molecular weight excluding hydrogens is 480 g/mol. The largest absolute Gasteiger partial charge is 0.340 e. The monoisotopic (exact) mass is 506 g/mol. The lowest BCUT2D eigenvalue weighted by molar-refractivity contribution is 0.103. The highest BCUT2D eigenvalue weighted by molar-refractivity contribution is 7.17. The molecule has 0 atom stereocenters. The summed E-state index contributed by atoms with van der Waals surface area (Å²) >= 11 is 1.39. The number of amides is 1. The second-order valence-electron chi connectivity index (χ2n) is 8.67. The first-order chi connectivity index (χ1) is 17.9. The third kappa shape index (κ3) is 5.99. The minimum absolute atomic E-state index is 0.174. The van der Waals surface area contributed by atoms with Crippen molar-refractivity contribution in [2.75, 3.05) is 16.0 Å². The van der Waals surface area contributed by atoms with Gasteiger partial charge in [-0.25, -0.2) is 9.97 Å². The molecule has 0 aliphatic heterocycles. The average molecular weight is 507 g/mol. The van der Waals surface area contributed by atoms with Gasteiger partial charge >= 0.3 is 0 Å². The summed E-state index contributed by atoms with van der Waals surface area (Å²) < 4.78 is 0. The van der Waals surface area contributed by atoms with Crippen LogP contribution in [0.15, 0.2) is 84.9 Å². The molecule has 5 aromatic rings. The molecule has 0 aliphatic rings. The fourth-order valence-corrected chi connectivity index (χ4v) is 4.71. The first-order valence-corrected chi connectivity index (χ1v) is 12.7. The van der Waals surface area contributed by atoms with E-state index in [0.717, 1.165) is 27.6 Å². The lowest BCUT2D eigenvalue weighted by Crippen LogP contribution is -2.11. The predicted octanol–water partition coefficient (Wildman–Crippen LogP) is 7.26. The molecule has 184 valence electrons. The average Bonchev–Trinajstić information content (AvgIpc) is 3.28. The third-order valence-electron chi connectivity index (χ3n) is 5.60. The van der Waals surface area contributed by atoms with Crippen LogP contribution in [0, 0.1) is 20.8 Å². The summed E-state index contributed by atoms with van der Waals surface area (Å²) in [5.74, 6) is 1.02. The number of benzene rings is 3. The highest BCUT2D eigenvalue weighted by atomic mass is 32.1. The Hall–Kier alpha value is -4.56. The minimum Gasteiger partial charge on any atom is -0.340 e. The van der Waals surface area contributed by atoms with Crippen LogP contribution in [0.2, 0.25) is 0 Å². The van der Waals surface area contributed by atoms with Crippen molar-refractivity contribution in [2.45, 2.75) is 20.8 Å². The van der Waals surface area contributed by atoms with Crippen molar-refractivity contribution in [3.05, 3.63) is 107 Å². The fraction of sp³-hybridized carbons (Fsp3) is 0.103. The Morgan fingerprint density at radius 2 is 1.38 bits per heavy atom. The van der Waals surface area contributed by atoms with Gasteiger partial charge in [-0.1, -0.05) is 48.0 Å². The molecule has 5 rings (SSSR count). The molecule has 3 aromatic carbocycles. The van der Waals surface area contributed by atoms with Crippen LogP contribution in [0.4, 0.5) is 28.8 Å². The summed E-state index contributed by atoms with van der Waals surface area (Å²) in [6, 6.07) is 27.3. The van der Waals surface area contributed by atoms with Crippen LogP contribution < -0.4 is 16.0 Å². The van der Waals surface area contributed by atoms with Crippen LogP contribution in [0.25, 0.3) is 10.6 Å². The smallest absolute Gasteiger partial charge is 0.267 e. The summed E-state index contributed by atoms with van der Waals surface area (Å²) in [7, 11) is 0. The molecule has 0 unspecified atom stereocenters. The maximum atomic E-state index is 12.9. The lowest BCUT2D eigenvalue weighted by Gasteiger charge is -2.11. The fourth-order valence-electron chi connectivity index (χ4n) is 3.74. The van der Waals surface area contributed by atoms with E-state index in [2.05, 4.69) is 37.8 Å². The zero-order chi connectivity index (χ0) is 25.8. The summed E-state index contributed by atoms with van der Waals surface area (Å²) in [5.41, 5.74) is 6.21. The Labute approximate surface area is 219 Å². The van der Waals surface area contributed by atoms with Gasteiger partial charge in [0.1, 0.15) is 15.7 Å². The van der Waals surface area contributed by atoms with E-state index in [4.69, 9.17) is 0 Å². The van der Waals surface area contributed by atoms with E-state index in [0.29, 0.717) is 28.0 Å². The predicted molar refractivity (Wildman–Crippen MR) is 151 cm³/mol. The molecule has 0 radical (unpaired) electrons. The minimum atomic E-state index is -0.174. The molecule has 0 saturated heterocycles. The van der Waals surface area contributed by atoms with Gasteiger partial charge in [-0.3, -0.25) is 4.79 Å². The van der Waals surface area contributed by atoms with Crippen LogP contribution in [-0.2, 0) is 0 Å². The normalized spacial score (nSPS) is 10.7. The van der Waals surface area contributed by atoms with Crippen LogP contribution in [0.3, 0.4) is 0 Å². The van der Waals surface area contributed by atoms with E-state index in [1.54, 1.807) is 0 Å². The number of hydrogen-bond acceptors (Lipinski definition) is 7. The summed E-state index contributed by atoms with van der Waals surface area (Å²) in [6.07, 6.45) is 0. The SMILES string of the molecule is Cc1ccc(Nc2cc(C)nc(Nc3ccc(NC(=O)c4sc(-c5ccccc5)nc4C)cc3)n2)cc1. The number of hydrogen-bond donors (Lipinski definition) is 3. The van der Waals surface area contributed by atoms with Crippen molar-refractivity contribution < 1.29 is 4.79 Å². The van der Waals surface area contributed by atoms with Crippen molar-refractivity contribution in [1.29, 1.82) is 0 Å². The number of aryl methyl sites for hydroxylation is 3. The third-order valence-corrected chi connectivity index (χ3v) is 6.81. The molecular formula is C29H26N6OS. The highest BCUT2D eigenvalue weighted by Gasteiger charge is 2.16. The maximum Gasteiger partial charge on any atom is 0.267 e. The highest BCUT2D eigenvalue weighted by Crippen LogP contribution is 2.28. The molecule has 0 spiro atoms. The Balaban J connectivity index is 1.25. The number of carbonyl (C=O) groups is 1. The Morgan fingerprint density at radius 3 is 2.11 bits per heavy atom. The summed E-state index contributed by atoms with van der Waals surface area (Å²) in [5, 5.41) is 10.4. The first kappa shape index (κ1) is 24.1. The lowest BCUT2D eigenvalue weighted by atomic mass is 10.2. The van der Waals surface area contributed by atoms with Gasteiger partial charge in [-0.05, 0) is 57.2 Å². The number of nitrogens with zero attached hydrogens (tertiary/aromatic N) is 3. The number of nitrogens with one attached hydrogen (secondary N) is 3. The number of aromatic nitrogens is 3. The summed E-state index contributed by atoms with van der Waals surface area (Å²) in [6.45, 7) is 5.84. The first-order valence-electron chi connectivity index (χ1n) is 11.8. The van der Waals surface area contributed by atoms with Crippen molar-refractivity contribution in [3.8, 4) is 10.6 Å². The van der Waals surface area contributed by atoms with Crippen LogP contribution in [0.5, 0.6) is 0 Å². The van der Waals surface area contributed by atoms with Crippen molar-refractivity contribution >= 4 is 46.1 Å². The number of rotatable bonds is 7. The van der Waals surface area contributed by atoms with Crippen LogP contribution >= 0.6 is 11.3 Å². The molecule has 0 bridgehead atoms. The molecule has 0 fully saturated rings. The van der Waals surface area contributed by atoms with Gasteiger partial charge in [0.25, 0.3) is 5.91 Å². The molecule has 8 heteroatoms. The van der Waals surface area contributed by atoms with E-state index in [1.807, 2.05) is 98.8 Å².